The van der Waals surface area contributed by atoms with Gasteiger partial charge in [0.05, 0.1) is 0 Å². The summed E-state index contributed by atoms with van der Waals surface area (Å²) in [5.74, 6) is 0. The number of nitrogens with zero attached hydrogens (tertiary/aromatic N) is 2. The smallest absolute Gasteiger partial charge is 0.409 e. The third-order valence-electron chi connectivity index (χ3n) is 7.58. The van der Waals surface area contributed by atoms with Crippen LogP contribution in [-0.2, 0) is 24.2 Å². The summed E-state index contributed by atoms with van der Waals surface area (Å²) in [4.78, 5) is 17.5. The highest BCUT2D eigenvalue weighted by molar-refractivity contribution is 5.67. The van der Waals surface area contributed by atoms with Gasteiger partial charge in [0.25, 0.3) is 0 Å². The Balaban J connectivity index is 1.25. The summed E-state index contributed by atoms with van der Waals surface area (Å²) >= 11 is 0. The molecule has 5 nitrogen and oxygen atoms in total. The summed E-state index contributed by atoms with van der Waals surface area (Å²) in [5.41, 5.74) is 4.86. The zero-order valence-electron chi connectivity index (χ0n) is 23.1. The summed E-state index contributed by atoms with van der Waals surface area (Å²) in [6.07, 6.45) is 2.41. The van der Waals surface area contributed by atoms with Gasteiger partial charge in [0.2, 0.25) is 0 Å². The Bertz CT molecular complexity index is 1240. The Labute approximate surface area is 238 Å². The van der Waals surface area contributed by atoms with Gasteiger partial charge in [-0.05, 0) is 48.1 Å². The average molecular weight is 534 g/mol. The van der Waals surface area contributed by atoms with Gasteiger partial charge < -0.3 is 15.0 Å². The molecule has 4 aromatic carbocycles. The molecule has 0 aliphatic carbocycles. The second-order valence-corrected chi connectivity index (χ2v) is 10.6. The molecule has 0 saturated carbocycles. The number of para-hydroxylation sites is 1. The van der Waals surface area contributed by atoms with E-state index in [1.54, 1.807) is 0 Å². The molecule has 1 saturated heterocycles. The normalized spacial score (nSPS) is 14.6. The van der Waals surface area contributed by atoms with E-state index < -0.39 is 0 Å². The van der Waals surface area contributed by atoms with Gasteiger partial charge in [0.1, 0.15) is 6.61 Å². The second kappa shape index (κ2) is 14.3. The van der Waals surface area contributed by atoms with Crippen molar-refractivity contribution >= 4 is 11.8 Å². The van der Waals surface area contributed by atoms with Crippen LogP contribution in [0.25, 0.3) is 0 Å². The van der Waals surface area contributed by atoms with Crippen molar-refractivity contribution in [2.45, 2.75) is 44.4 Å². The highest BCUT2D eigenvalue weighted by Crippen LogP contribution is 2.20. The number of benzene rings is 4. The van der Waals surface area contributed by atoms with E-state index in [4.69, 9.17) is 4.74 Å². The minimum absolute atomic E-state index is 0.0315. The fraction of sp³-hybridized carbons (Fsp3) is 0.286. The van der Waals surface area contributed by atoms with Crippen LogP contribution in [0.15, 0.2) is 121 Å². The summed E-state index contributed by atoms with van der Waals surface area (Å²) in [7, 11) is 0. The number of anilines is 1. The van der Waals surface area contributed by atoms with Crippen LogP contribution in [0.2, 0.25) is 0 Å². The molecule has 1 heterocycles. The van der Waals surface area contributed by atoms with Crippen molar-refractivity contribution in [3.8, 4) is 0 Å². The van der Waals surface area contributed by atoms with Crippen LogP contribution in [-0.4, -0.2) is 47.7 Å². The predicted octanol–water partition coefficient (Wildman–Crippen LogP) is 7.01. The Morgan fingerprint density at radius 3 is 1.73 bits per heavy atom. The van der Waals surface area contributed by atoms with E-state index in [-0.39, 0.29) is 12.1 Å². The minimum atomic E-state index is -0.212. The fourth-order valence-corrected chi connectivity index (χ4v) is 5.36. The standard InChI is InChI=1S/C35H39N3O2/c39-35(37-23-21-33(22-24-37)36-32-19-11-4-12-20-32)40-28-34(25-29-13-5-1-6-14-29)38(26-30-15-7-2-8-16-30)27-31-17-9-3-10-18-31/h1-20,33-34,36H,21-28H2. The molecule has 1 aliphatic rings. The van der Waals surface area contributed by atoms with Gasteiger partial charge in [0, 0.05) is 44.0 Å². The molecular formula is C35H39N3O2. The first kappa shape index (κ1) is 27.5. The summed E-state index contributed by atoms with van der Waals surface area (Å²) in [6, 6.07) is 42.3. The molecule has 4 aromatic rings. The lowest BCUT2D eigenvalue weighted by atomic mass is 10.0. The van der Waals surface area contributed by atoms with Gasteiger partial charge in [-0.2, -0.15) is 0 Å². The molecule has 5 rings (SSSR count). The maximum atomic E-state index is 13.2. The van der Waals surface area contributed by atoms with Crippen molar-refractivity contribution in [1.82, 2.24) is 9.80 Å². The van der Waals surface area contributed by atoms with Crippen molar-refractivity contribution in [2.24, 2.45) is 0 Å². The molecule has 1 amide bonds. The quantitative estimate of drug-likeness (QED) is 0.225. The lowest BCUT2D eigenvalue weighted by molar-refractivity contribution is 0.0543. The number of rotatable bonds is 11. The van der Waals surface area contributed by atoms with Gasteiger partial charge in [-0.25, -0.2) is 4.79 Å². The number of hydrogen-bond acceptors (Lipinski definition) is 4. The van der Waals surface area contributed by atoms with Crippen molar-refractivity contribution in [3.63, 3.8) is 0 Å². The Morgan fingerprint density at radius 2 is 1.20 bits per heavy atom. The topological polar surface area (TPSA) is 44.8 Å². The minimum Gasteiger partial charge on any atom is -0.448 e. The lowest BCUT2D eigenvalue weighted by Gasteiger charge is -2.34. The molecule has 0 radical (unpaired) electrons. The number of nitrogens with one attached hydrogen (secondary N) is 1. The molecule has 1 unspecified atom stereocenters. The van der Waals surface area contributed by atoms with Crippen LogP contribution < -0.4 is 5.32 Å². The van der Waals surface area contributed by atoms with Gasteiger partial charge in [-0.3, -0.25) is 4.90 Å². The number of likely N-dealkylation sites (tertiary alicyclic amines) is 1. The van der Waals surface area contributed by atoms with E-state index in [9.17, 15) is 4.79 Å². The van der Waals surface area contributed by atoms with E-state index in [1.807, 2.05) is 41.3 Å². The zero-order valence-corrected chi connectivity index (χ0v) is 23.1. The molecule has 1 fully saturated rings. The van der Waals surface area contributed by atoms with E-state index >= 15 is 0 Å². The van der Waals surface area contributed by atoms with Crippen LogP contribution >= 0.6 is 0 Å². The SMILES string of the molecule is O=C(OCC(Cc1ccccc1)N(Cc1ccccc1)Cc1ccccc1)N1CCC(Nc2ccccc2)CC1. The van der Waals surface area contributed by atoms with Crippen LogP contribution in [0.3, 0.4) is 0 Å². The number of piperidine rings is 1. The second-order valence-electron chi connectivity index (χ2n) is 10.6. The zero-order chi connectivity index (χ0) is 27.4. The van der Waals surface area contributed by atoms with Crippen LogP contribution in [0.4, 0.5) is 10.5 Å². The lowest BCUT2D eigenvalue weighted by Crippen LogP contribution is -2.45. The molecule has 0 spiro atoms. The van der Waals surface area contributed by atoms with E-state index in [0.717, 1.165) is 38.0 Å². The molecule has 206 valence electrons. The van der Waals surface area contributed by atoms with Gasteiger partial charge >= 0.3 is 6.09 Å². The van der Waals surface area contributed by atoms with Crippen LogP contribution in [0, 0.1) is 0 Å². The number of ether oxygens (including phenoxy) is 1. The third kappa shape index (κ3) is 8.20. The van der Waals surface area contributed by atoms with Crippen LogP contribution in [0.5, 0.6) is 0 Å². The monoisotopic (exact) mass is 533 g/mol. The molecule has 1 aliphatic heterocycles. The first-order valence-corrected chi connectivity index (χ1v) is 14.3. The molecule has 0 bridgehead atoms. The summed E-state index contributed by atoms with van der Waals surface area (Å²) in [6.45, 7) is 3.30. The summed E-state index contributed by atoms with van der Waals surface area (Å²) < 4.78 is 6.05. The highest BCUT2D eigenvalue weighted by atomic mass is 16.6. The fourth-order valence-electron chi connectivity index (χ4n) is 5.36. The van der Waals surface area contributed by atoms with Crippen molar-refractivity contribution in [2.75, 3.05) is 25.0 Å². The number of carbonyl (C=O) groups is 1. The molecule has 5 heteroatoms. The maximum Gasteiger partial charge on any atom is 0.409 e. The highest BCUT2D eigenvalue weighted by Gasteiger charge is 2.26. The summed E-state index contributed by atoms with van der Waals surface area (Å²) in [5, 5.41) is 3.59. The Kier molecular flexibility index (Phi) is 9.85. The van der Waals surface area contributed by atoms with Crippen molar-refractivity contribution < 1.29 is 9.53 Å². The predicted molar refractivity (Wildman–Crippen MR) is 162 cm³/mol. The first-order chi connectivity index (χ1) is 19.7. The molecule has 40 heavy (non-hydrogen) atoms. The first-order valence-electron chi connectivity index (χ1n) is 14.3. The van der Waals surface area contributed by atoms with Crippen molar-refractivity contribution in [3.05, 3.63) is 138 Å². The average Bonchev–Trinajstić information content (AvgIpc) is 3.01. The van der Waals surface area contributed by atoms with Gasteiger partial charge in [-0.1, -0.05) is 109 Å². The van der Waals surface area contributed by atoms with E-state index in [2.05, 4.69) is 95.1 Å². The molecular weight excluding hydrogens is 494 g/mol. The van der Waals surface area contributed by atoms with Gasteiger partial charge in [0.15, 0.2) is 0 Å². The van der Waals surface area contributed by atoms with Gasteiger partial charge in [-0.15, -0.1) is 0 Å². The van der Waals surface area contributed by atoms with E-state index in [1.165, 1.54) is 16.7 Å². The number of carbonyl (C=O) groups excluding carboxylic acids is 1. The molecule has 1 atom stereocenters. The van der Waals surface area contributed by atoms with Crippen LogP contribution in [0.1, 0.15) is 29.5 Å². The molecule has 0 aromatic heterocycles. The Hall–Kier alpha value is -4.09. The largest absolute Gasteiger partial charge is 0.448 e. The van der Waals surface area contributed by atoms with E-state index in [0.29, 0.717) is 25.7 Å². The third-order valence-corrected chi connectivity index (χ3v) is 7.58. The Morgan fingerprint density at radius 1 is 0.725 bits per heavy atom. The number of hydrogen-bond donors (Lipinski definition) is 1. The molecule has 1 N–H and O–H groups in total. The maximum absolute atomic E-state index is 13.2. The van der Waals surface area contributed by atoms with Crippen molar-refractivity contribution in [1.29, 1.82) is 0 Å². The number of amides is 1.